The van der Waals surface area contributed by atoms with E-state index in [1.54, 1.807) is 11.3 Å². The van der Waals surface area contributed by atoms with Gasteiger partial charge in [-0.1, -0.05) is 12.1 Å². The van der Waals surface area contributed by atoms with Crippen molar-refractivity contribution in [3.05, 3.63) is 51.7 Å². The van der Waals surface area contributed by atoms with Crippen molar-refractivity contribution in [3.8, 4) is 5.75 Å². The maximum absolute atomic E-state index is 11.8. The van der Waals surface area contributed by atoms with E-state index in [1.807, 2.05) is 35.7 Å². The van der Waals surface area contributed by atoms with Crippen molar-refractivity contribution in [2.75, 3.05) is 0 Å². The first-order chi connectivity index (χ1) is 8.83. The predicted octanol–water partition coefficient (Wildman–Crippen LogP) is 3.85. The molecule has 0 amide bonds. The van der Waals surface area contributed by atoms with Gasteiger partial charge in [-0.2, -0.15) is 0 Å². The van der Waals surface area contributed by atoms with Gasteiger partial charge in [0.25, 0.3) is 0 Å². The fourth-order valence-corrected chi connectivity index (χ4v) is 2.86. The molecule has 1 aliphatic carbocycles. The van der Waals surface area contributed by atoms with Gasteiger partial charge in [-0.3, -0.25) is 4.79 Å². The van der Waals surface area contributed by atoms with Crippen LogP contribution in [0.1, 0.15) is 33.6 Å². The Morgan fingerprint density at radius 3 is 3.00 bits per heavy atom. The lowest BCUT2D eigenvalue weighted by Crippen LogP contribution is -2.10. The van der Waals surface area contributed by atoms with Crippen LogP contribution in [0.15, 0.2) is 35.7 Å². The summed E-state index contributed by atoms with van der Waals surface area (Å²) in [6.07, 6.45) is 2.65. The highest BCUT2D eigenvalue weighted by Gasteiger charge is 2.17. The molecule has 1 aliphatic rings. The van der Waals surface area contributed by atoms with Crippen molar-refractivity contribution in [1.29, 1.82) is 0 Å². The molecule has 3 heteroatoms. The minimum Gasteiger partial charge on any atom is -0.488 e. The van der Waals surface area contributed by atoms with Crippen LogP contribution in [-0.2, 0) is 13.0 Å². The van der Waals surface area contributed by atoms with E-state index in [4.69, 9.17) is 4.74 Å². The Kier molecular flexibility index (Phi) is 3.15. The van der Waals surface area contributed by atoms with Gasteiger partial charge < -0.3 is 4.74 Å². The summed E-state index contributed by atoms with van der Waals surface area (Å²) < 4.78 is 5.72. The third kappa shape index (κ3) is 2.31. The predicted molar refractivity (Wildman–Crippen MR) is 72.4 cm³/mol. The molecule has 2 nitrogen and oxygen atoms in total. The SMILES string of the molecule is O=C1CCCc2ccc(OCc3cccs3)cc21. The normalized spacial score (nSPS) is 14.3. The number of thiophene rings is 1. The van der Waals surface area contributed by atoms with Crippen LogP contribution in [0.3, 0.4) is 0 Å². The molecule has 0 bridgehead atoms. The molecule has 18 heavy (non-hydrogen) atoms. The highest BCUT2D eigenvalue weighted by Crippen LogP contribution is 2.26. The van der Waals surface area contributed by atoms with Gasteiger partial charge in [-0.25, -0.2) is 0 Å². The van der Waals surface area contributed by atoms with E-state index in [-0.39, 0.29) is 5.78 Å². The second-order valence-electron chi connectivity index (χ2n) is 4.46. The number of Topliss-reactive ketones (excluding diaryl/α,β-unsaturated/α-hetero) is 1. The summed E-state index contributed by atoms with van der Waals surface area (Å²) in [5.74, 6) is 1.04. The number of rotatable bonds is 3. The molecule has 0 fully saturated rings. The van der Waals surface area contributed by atoms with Gasteiger partial charge >= 0.3 is 0 Å². The third-order valence-corrected chi connectivity index (χ3v) is 4.04. The van der Waals surface area contributed by atoms with Crippen molar-refractivity contribution in [2.45, 2.75) is 25.9 Å². The lowest BCUT2D eigenvalue weighted by molar-refractivity contribution is 0.0972. The lowest BCUT2D eigenvalue weighted by atomic mass is 9.90. The van der Waals surface area contributed by atoms with Gasteiger partial charge in [0, 0.05) is 16.9 Å². The molecule has 2 aromatic rings. The van der Waals surface area contributed by atoms with Crippen LogP contribution in [0.4, 0.5) is 0 Å². The number of hydrogen-bond donors (Lipinski definition) is 0. The van der Waals surface area contributed by atoms with Gasteiger partial charge in [-0.05, 0) is 42.0 Å². The van der Waals surface area contributed by atoms with Crippen molar-refractivity contribution in [3.63, 3.8) is 0 Å². The highest BCUT2D eigenvalue weighted by molar-refractivity contribution is 7.09. The zero-order chi connectivity index (χ0) is 12.4. The number of carbonyl (C=O) groups is 1. The van der Waals surface area contributed by atoms with Crippen LogP contribution >= 0.6 is 11.3 Å². The minimum absolute atomic E-state index is 0.248. The first kappa shape index (κ1) is 11.5. The highest BCUT2D eigenvalue weighted by atomic mass is 32.1. The molecule has 0 N–H and O–H groups in total. The summed E-state index contributed by atoms with van der Waals surface area (Å²) in [6, 6.07) is 9.94. The molecule has 0 radical (unpaired) electrons. The average Bonchev–Trinajstić information content (AvgIpc) is 2.90. The number of carbonyl (C=O) groups excluding carboxylic acids is 1. The molecule has 3 rings (SSSR count). The molecule has 0 aliphatic heterocycles. The Hall–Kier alpha value is -1.61. The largest absolute Gasteiger partial charge is 0.488 e. The van der Waals surface area contributed by atoms with E-state index in [2.05, 4.69) is 0 Å². The second kappa shape index (κ2) is 4.94. The fourth-order valence-electron chi connectivity index (χ4n) is 2.25. The zero-order valence-corrected chi connectivity index (χ0v) is 10.8. The number of ketones is 1. The van der Waals surface area contributed by atoms with Gasteiger partial charge in [0.15, 0.2) is 5.78 Å². The van der Waals surface area contributed by atoms with Crippen LogP contribution < -0.4 is 4.74 Å². The third-order valence-electron chi connectivity index (χ3n) is 3.19. The van der Waals surface area contributed by atoms with Crippen molar-refractivity contribution >= 4 is 17.1 Å². The van der Waals surface area contributed by atoms with Crippen molar-refractivity contribution < 1.29 is 9.53 Å². The Bertz CT molecular complexity index is 558. The van der Waals surface area contributed by atoms with Gasteiger partial charge in [0.05, 0.1) is 0 Å². The Morgan fingerprint density at radius 1 is 1.22 bits per heavy atom. The molecule has 1 aromatic carbocycles. The molecule has 0 unspecified atom stereocenters. The summed E-state index contributed by atoms with van der Waals surface area (Å²) in [6.45, 7) is 0.574. The van der Waals surface area contributed by atoms with Crippen molar-refractivity contribution in [2.24, 2.45) is 0 Å². The van der Waals surface area contributed by atoms with E-state index < -0.39 is 0 Å². The van der Waals surface area contributed by atoms with Gasteiger partial charge in [0.2, 0.25) is 0 Å². The smallest absolute Gasteiger partial charge is 0.163 e. The van der Waals surface area contributed by atoms with Crippen LogP contribution in [0.25, 0.3) is 0 Å². The first-order valence-corrected chi connectivity index (χ1v) is 7.02. The monoisotopic (exact) mass is 258 g/mol. The number of ether oxygens (including phenoxy) is 1. The molecule has 0 saturated heterocycles. The van der Waals surface area contributed by atoms with E-state index >= 15 is 0 Å². The quantitative estimate of drug-likeness (QED) is 0.836. The number of aryl methyl sites for hydroxylation is 1. The van der Waals surface area contributed by atoms with E-state index in [1.165, 1.54) is 4.88 Å². The fraction of sp³-hybridized carbons (Fsp3) is 0.267. The van der Waals surface area contributed by atoms with Crippen LogP contribution in [0.2, 0.25) is 0 Å². The Morgan fingerprint density at radius 2 is 2.17 bits per heavy atom. The summed E-state index contributed by atoms with van der Waals surface area (Å²) in [4.78, 5) is 13.0. The second-order valence-corrected chi connectivity index (χ2v) is 5.50. The molecule has 0 atom stereocenters. The minimum atomic E-state index is 0.248. The standard InChI is InChI=1S/C15H14O2S/c16-15-5-1-3-11-6-7-12(9-14(11)15)17-10-13-4-2-8-18-13/h2,4,6-9H,1,3,5,10H2. The zero-order valence-electron chi connectivity index (χ0n) is 10.0. The maximum Gasteiger partial charge on any atom is 0.163 e. The molecular formula is C15H14O2S. The van der Waals surface area contributed by atoms with E-state index in [0.29, 0.717) is 13.0 Å². The summed E-state index contributed by atoms with van der Waals surface area (Å²) in [5.41, 5.74) is 2.01. The molecule has 0 saturated carbocycles. The number of benzene rings is 1. The van der Waals surface area contributed by atoms with Gasteiger partial charge in [0.1, 0.15) is 12.4 Å². The lowest BCUT2D eigenvalue weighted by Gasteiger charge is -2.15. The molecule has 0 spiro atoms. The Labute approximate surface area is 110 Å². The first-order valence-electron chi connectivity index (χ1n) is 6.14. The summed E-state index contributed by atoms with van der Waals surface area (Å²) in [5, 5.41) is 2.04. The molecular weight excluding hydrogens is 244 g/mol. The van der Waals surface area contributed by atoms with Crippen molar-refractivity contribution in [1.82, 2.24) is 0 Å². The van der Waals surface area contributed by atoms with Gasteiger partial charge in [-0.15, -0.1) is 11.3 Å². The summed E-state index contributed by atoms with van der Waals surface area (Å²) in [7, 11) is 0. The van der Waals surface area contributed by atoms with E-state index in [9.17, 15) is 4.79 Å². The Balaban J connectivity index is 1.77. The number of hydrogen-bond acceptors (Lipinski definition) is 3. The number of fused-ring (bicyclic) bond motifs is 1. The van der Waals surface area contributed by atoms with Crippen LogP contribution in [0.5, 0.6) is 5.75 Å². The maximum atomic E-state index is 11.8. The van der Waals surface area contributed by atoms with Crippen LogP contribution in [0, 0.1) is 0 Å². The summed E-state index contributed by atoms with van der Waals surface area (Å²) >= 11 is 1.68. The molecule has 1 heterocycles. The topological polar surface area (TPSA) is 26.3 Å². The average molecular weight is 258 g/mol. The van der Waals surface area contributed by atoms with Crippen LogP contribution in [-0.4, -0.2) is 5.78 Å². The molecule has 92 valence electrons. The van der Waals surface area contributed by atoms with E-state index in [0.717, 1.165) is 29.7 Å². The molecule has 1 aromatic heterocycles.